The molecule has 1 N–H and O–H groups in total. The lowest BCUT2D eigenvalue weighted by Crippen LogP contribution is -2.14. The summed E-state index contributed by atoms with van der Waals surface area (Å²) in [7, 11) is 0. The SMILES string of the molecule is CCNCCCc1c(C)nn(-c2ccccc2)c1C. The predicted octanol–water partition coefficient (Wildman–Crippen LogP) is 3.03. The molecule has 0 bridgehead atoms. The zero-order chi connectivity index (χ0) is 13.7. The molecule has 0 spiro atoms. The summed E-state index contributed by atoms with van der Waals surface area (Å²) < 4.78 is 2.05. The molecule has 102 valence electrons. The summed E-state index contributed by atoms with van der Waals surface area (Å²) in [6.45, 7) is 8.53. The molecule has 0 amide bonds. The zero-order valence-corrected chi connectivity index (χ0v) is 12.1. The van der Waals surface area contributed by atoms with E-state index in [2.05, 4.69) is 60.1 Å². The molecule has 1 heterocycles. The van der Waals surface area contributed by atoms with Gasteiger partial charge < -0.3 is 5.32 Å². The van der Waals surface area contributed by atoms with Crippen LogP contribution >= 0.6 is 0 Å². The van der Waals surface area contributed by atoms with E-state index in [1.807, 2.05) is 6.07 Å². The van der Waals surface area contributed by atoms with Crippen molar-refractivity contribution in [3.8, 4) is 5.69 Å². The van der Waals surface area contributed by atoms with E-state index in [1.165, 1.54) is 11.3 Å². The Balaban J connectivity index is 2.16. The van der Waals surface area contributed by atoms with Crippen molar-refractivity contribution < 1.29 is 0 Å². The van der Waals surface area contributed by atoms with E-state index in [0.29, 0.717) is 0 Å². The largest absolute Gasteiger partial charge is 0.317 e. The van der Waals surface area contributed by atoms with Crippen molar-refractivity contribution in [2.24, 2.45) is 0 Å². The van der Waals surface area contributed by atoms with Gasteiger partial charge >= 0.3 is 0 Å². The molecule has 1 aromatic carbocycles. The van der Waals surface area contributed by atoms with Crippen LogP contribution in [0.2, 0.25) is 0 Å². The van der Waals surface area contributed by atoms with Crippen LogP contribution in [0.4, 0.5) is 0 Å². The standard InChI is InChI=1S/C16H23N3/c1-4-17-12-8-11-16-13(2)18-19(14(16)3)15-9-6-5-7-10-15/h5-7,9-10,17H,4,8,11-12H2,1-3H3. The van der Waals surface area contributed by atoms with Gasteiger partial charge in [0.1, 0.15) is 0 Å². The van der Waals surface area contributed by atoms with Crippen molar-refractivity contribution in [3.63, 3.8) is 0 Å². The summed E-state index contributed by atoms with van der Waals surface area (Å²) in [6.07, 6.45) is 2.26. The maximum atomic E-state index is 4.68. The van der Waals surface area contributed by atoms with E-state index in [4.69, 9.17) is 0 Å². The third kappa shape index (κ3) is 3.24. The van der Waals surface area contributed by atoms with Crippen molar-refractivity contribution in [2.75, 3.05) is 13.1 Å². The fraction of sp³-hybridized carbons (Fsp3) is 0.438. The number of para-hydroxylation sites is 1. The molecule has 0 unspecified atom stereocenters. The number of rotatable bonds is 6. The normalized spacial score (nSPS) is 10.9. The van der Waals surface area contributed by atoms with Gasteiger partial charge in [0.15, 0.2) is 0 Å². The summed E-state index contributed by atoms with van der Waals surface area (Å²) in [6, 6.07) is 10.3. The van der Waals surface area contributed by atoms with Crippen LogP contribution in [-0.4, -0.2) is 22.9 Å². The molecule has 0 saturated carbocycles. The lowest BCUT2D eigenvalue weighted by atomic mass is 10.1. The summed E-state index contributed by atoms with van der Waals surface area (Å²) in [4.78, 5) is 0. The van der Waals surface area contributed by atoms with Crippen LogP contribution in [-0.2, 0) is 6.42 Å². The minimum Gasteiger partial charge on any atom is -0.317 e. The molecule has 0 saturated heterocycles. The number of nitrogens with one attached hydrogen (secondary N) is 1. The Labute approximate surface area is 115 Å². The number of hydrogen-bond donors (Lipinski definition) is 1. The summed E-state index contributed by atoms with van der Waals surface area (Å²) in [5, 5.41) is 8.04. The summed E-state index contributed by atoms with van der Waals surface area (Å²) >= 11 is 0. The van der Waals surface area contributed by atoms with Gasteiger partial charge in [0, 0.05) is 5.69 Å². The smallest absolute Gasteiger partial charge is 0.0648 e. The monoisotopic (exact) mass is 257 g/mol. The van der Waals surface area contributed by atoms with Crippen LogP contribution in [0.1, 0.15) is 30.3 Å². The predicted molar refractivity (Wildman–Crippen MR) is 79.9 cm³/mol. The van der Waals surface area contributed by atoms with Gasteiger partial charge in [0.2, 0.25) is 0 Å². The van der Waals surface area contributed by atoms with Crippen molar-refractivity contribution in [2.45, 2.75) is 33.6 Å². The highest BCUT2D eigenvalue weighted by atomic mass is 15.3. The zero-order valence-electron chi connectivity index (χ0n) is 12.1. The number of aromatic nitrogens is 2. The first-order chi connectivity index (χ1) is 9.24. The fourth-order valence-electron chi connectivity index (χ4n) is 2.42. The van der Waals surface area contributed by atoms with Gasteiger partial charge in [-0.1, -0.05) is 25.1 Å². The second-order valence-electron chi connectivity index (χ2n) is 4.85. The molecule has 0 aliphatic carbocycles. The van der Waals surface area contributed by atoms with Crippen molar-refractivity contribution in [3.05, 3.63) is 47.3 Å². The van der Waals surface area contributed by atoms with Gasteiger partial charge in [-0.15, -0.1) is 0 Å². The maximum Gasteiger partial charge on any atom is 0.0648 e. The average Bonchev–Trinajstić information content (AvgIpc) is 2.72. The quantitative estimate of drug-likeness (QED) is 0.806. The topological polar surface area (TPSA) is 29.9 Å². The number of hydrogen-bond acceptors (Lipinski definition) is 2. The lowest BCUT2D eigenvalue weighted by Gasteiger charge is -2.05. The first kappa shape index (κ1) is 13.8. The first-order valence-electron chi connectivity index (χ1n) is 7.05. The van der Waals surface area contributed by atoms with Crippen LogP contribution in [0.15, 0.2) is 30.3 Å². The molecule has 0 atom stereocenters. The highest BCUT2D eigenvalue weighted by Crippen LogP contribution is 2.18. The van der Waals surface area contributed by atoms with Crippen LogP contribution < -0.4 is 5.32 Å². The molecule has 0 radical (unpaired) electrons. The first-order valence-corrected chi connectivity index (χ1v) is 7.05. The van der Waals surface area contributed by atoms with Crippen molar-refractivity contribution >= 4 is 0 Å². The van der Waals surface area contributed by atoms with E-state index in [-0.39, 0.29) is 0 Å². The maximum absolute atomic E-state index is 4.68. The fourth-order valence-corrected chi connectivity index (χ4v) is 2.42. The van der Waals surface area contributed by atoms with Gasteiger partial charge in [-0.25, -0.2) is 4.68 Å². The van der Waals surface area contributed by atoms with Crippen LogP contribution in [0.5, 0.6) is 0 Å². The second-order valence-corrected chi connectivity index (χ2v) is 4.85. The molecule has 0 aliphatic heterocycles. The lowest BCUT2D eigenvalue weighted by molar-refractivity contribution is 0.670. The third-order valence-electron chi connectivity index (χ3n) is 3.47. The highest BCUT2D eigenvalue weighted by Gasteiger charge is 2.11. The molecule has 1 aromatic heterocycles. The minimum absolute atomic E-state index is 1.04. The average molecular weight is 257 g/mol. The second kappa shape index (κ2) is 6.53. The van der Waals surface area contributed by atoms with Gasteiger partial charge in [-0.05, 0) is 57.5 Å². The van der Waals surface area contributed by atoms with Gasteiger partial charge in [0.05, 0.1) is 11.4 Å². The number of aryl methyl sites for hydroxylation is 1. The Hall–Kier alpha value is -1.61. The van der Waals surface area contributed by atoms with Gasteiger partial charge in [-0.2, -0.15) is 5.10 Å². The van der Waals surface area contributed by atoms with Crippen LogP contribution in [0.3, 0.4) is 0 Å². The Morgan fingerprint density at radius 1 is 1.16 bits per heavy atom. The van der Waals surface area contributed by atoms with Gasteiger partial charge in [-0.3, -0.25) is 0 Å². The summed E-state index contributed by atoms with van der Waals surface area (Å²) in [5.74, 6) is 0. The number of nitrogens with zero attached hydrogens (tertiary/aromatic N) is 2. The van der Waals surface area contributed by atoms with Crippen molar-refractivity contribution in [1.29, 1.82) is 0 Å². The molecular weight excluding hydrogens is 234 g/mol. The molecule has 2 aromatic rings. The molecule has 2 rings (SSSR count). The molecule has 3 heteroatoms. The van der Waals surface area contributed by atoms with Crippen molar-refractivity contribution in [1.82, 2.24) is 15.1 Å². The van der Waals surface area contributed by atoms with E-state index in [9.17, 15) is 0 Å². The van der Waals surface area contributed by atoms with Crippen LogP contribution in [0, 0.1) is 13.8 Å². The van der Waals surface area contributed by atoms with Gasteiger partial charge in [0.25, 0.3) is 0 Å². The van der Waals surface area contributed by atoms with Crippen LogP contribution in [0.25, 0.3) is 5.69 Å². The number of benzene rings is 1. The Bertz CT molecular complexity index is 514. The Morgan fingerprint density at radius 2 is 1.89 bits per heavy atom. The minimum atomic E-state index is 1.04. The molecular formula is C16H23N3. The Morgan fingerprint density at radius 3 is 2.58 bits per heavy atom. The summed E-state index contributed by atoms with van der Waals surface area (Å²) in [5.41, 5.74) is 4.95. The van der Waals surface area contributed by atoms with E-state index < -0.39 is 0 Å². The molecule has 3 nitrogen and oxygen atoms in total. The van der Waals surface area contributed by atoms with E-state index >= 15 is 0 Å². The third-order valence-corrected chi connectivity index (χ3v) is 3.47. The highest BCUT2D eigenvalue weighted by molar-refractivity contribution is 5.36. The molecule has 0 aliphatic rings. The Kier molecular flexibility index (Phi) is 4.74. The van der Waals surface area contributed by atoms with E-state index in [1.54, 1.807) is 0 Å². The molecule has 19 heavy (non-hydrogen) atoms. The molecule has 0 fully saturated rings. The van der Waals surface area contributed by atoms with E-state index in [0.717, 1.165) is 37.3 Å².